The Morgan fingerprint density at radius 1 is 1.17 bits per heavy atom. The molecule has 1 unspecified atom stereocenters. The maximum atomic E-state index is 13.4. The first kappa shape index (κ1) is 18.3. The molecular weight excluding hydrogens is 298 g/mol. The van der Waals surface area contributed by atoms with Crippen molar-refractivity contribution >= 4 is 0 Å². The Kier molecular flexibility index (Phi) is 6.93. The van der Waals surface area contributed by atoms with E-state index in [-0.39, 0.29) is 12.6 Å². The fraction of sp³-hybridized carbons (Fsp3) is 0.667. The number of hydrogen-bond acceptors (Lipinski definition) is 3. The maximum Gasteiger partial charge on any atom is 0.159 e. The minimum atomic E-state index is -0.806. The number of rotatable bonds is 7. The average molecular weight is 326 g/mol. The van der Waals surface area contributed by atoms with Crippen molar-refractivity contribution in [2.75, 3.05) is 26.2 Å². The second kappa shape index (κ2) is 8.71. The van der Waals surface area contributed by atoms with E-state index in [1.807, 2.05) is 0 Å². The number of aliphatic hydroxyl groups excluding tert-OH is 1. The molecule has 130 valence electrons. The van der Waals surface area contributed by atoms with E-state index in [0.717, 1.165) is 38.0 Å². The van der Waals surface area contributed by atoms with E-state index < -0.39 is 11.6 Å². The lowest BCUT2D eigenvalue weighted by atomic mass is 10.0. The van der Waals surface area contributed by atoms with Gasteiger partial charge in [0, 0.05) is 44.9 Å². The first-order valence-corrected chi connectivity index (χ1v) is 8.61. The van der Waals surface area contributed by atoms with Crippen molar-refractivity contribution in [1.29, 1.82) is 0 Å². The molecule has 1 saturated heterocycles. The summed E-state index contributed by atoms with van der Waals surface area (Å²) >= 11 is 0. The number of halogens is 2. The van der Waals surface area contributed by atoms with Crippen LogP contribution in [0.25, 0.3) is 0 Å². The molecule has 0 radical (unpaired) electrons. The highest BCUT2D eigenvalue weighted by Crippen LogP contribution is 2.21. The molecule has 1 N–H and O–H groups in total. The fourth-order valence-corrected chi connectivity index (χ4v) is 3.56. The van der Waals surface area contributed by atoms with Gasteiger partial charge in [0.2, 0.25) is 0 Å². The molecule has 0 saturated carbocycles. The molecule has 2 rings (SSSR count). The van der Waals surface area contributed by atoms with E-state index in [1.54, 1.807) is 6.07 Å². The summed E-state index contributed by atoms with van der Waals surface area (Å²) in [6, 6.07) is 4.94. The van der Waals surface area contributed by atoms with E-state index in [4.69, 9.17) is 0 Å². The first-order chi connectivity index (χ1) is 11.1. The highest BCUT2D eigenvalue weighted by atomic mass is 19.2. The van der Waals surface area contributed by atoms with Gasteiger partial charge in [0.25, 0.3) is 0 Å². The number of benzene rings is 1. The van der Waals surface area contributed by atoms with E-state index in [0.29, 0.717) is 19.0 Å². The topological polar surface area (TPSA) is 26.7 Å². The Morgan fingerprint density at radius 3 is 2.52 bits per heavy atom. The van der Waals surface area contributed by atoms with Crippen LogP contribution in [0.15, 0.2) is 18.2 Å². The maximum absolute atomic E-state index is 13.4. The molecule has 0 aliphatic carbocycles. The third-order valence-electron chi connectivity index (χ3n) is 4.93. The van der Waals surface area contributed by atoms with Gasteiger partial charge in [-0.3, -0.25) is 9.80 Å². The zero-order chi connectivity index (χ0) is 16.8. The molecule has 3 nitrogen and oxygen atoms in total. The molecule has 1 heterocycles. The zero-order valence-corrected chi connectivity index (χ0v) is 14.1. The molecule has 0 spiro atoms. The Labute approximate surface area is 137 Å². The van der Waals surface area contributed by atoms with Crippen molar-refractivity contribution in [3.05, 3.63) is 35.4 Å². The number of nitrogens with zero attached hydrogens (tertiary/aromatic N) is 2. The van der Waals surface area contributed by atoms with Crippen LogP contribution in [0.2, 0.25) is 0 Å². The van der Waals surface area contributed by atoms with Gasteiger partial charge in [-0.15, -0.1) is 0 Å². The van der Waals surface area contributed by atoms with Crippen molar-refractivity contribution in [2.45, 2.75) is 51.7 Å². The summed E-state index contributed by atoms with van der Waals surface area (Å²) in [6.07, 6.45) is 2.97. The second-order valence-electron chi connectivity index (χ2n) is 6.35. The Hall–Kier alpha value is -1.04. The smallest absolute Gasteiger partial charge is 0.159 e. The Balaban J connectivity index is 2.04. The largest absolute Gasteiger partial charge is 0.396 e. The molecule has 1 aliphatic heterocycles. The van der Waals surface area contributed by atoms with Gasteiger partial charge in [0.05, 0.1) is 0 Å². The minimum Gasteiger partial charge on any atom is -0.396 e. The predicted octanol–water partition coefficient (Wildman–Crippen LogP) is 3.02. The van der Waals surface area contributed by atoms with E-state index >= 15 is 0 Å². The van der Waals surface area contributed by atoms with Crippen LogP contribution < -0.4 is 0 Å². The van der Waals surface area contributed by atoms with Crippen LogP contribution in [0, 0.1) is 11.6 Å². The molecule has 0 aromatic heterocycles. The Bertz CT molecular complexity index is 494. The third-order valence-corrected chi connectivity index (χ3v) is 4.93. The predicted molar refractivity (Wildman–Crippen MR) is 88.2 cm³/mol. The molecule has 1 aromatic rings. The van der Waals surface area contributed by atoms with Crippen molar-refractivity contribution < 1.29 is 13.9 Å². The SMILES string of the molecule is CCC(CC)N1CCN(Cc2ccc(F)c(F)c2)C(CCO)C1. The van der Waals surface area contributed by atoms with E-state index in [2.05, 4.69) is 23.6 Å². The summed E-state index contributed by atoms with van der Waals surface area (Å²) in [5.41, 5.74) is 0.780. The molecular formula is C18H28F2N2O. The zero-order valence-electron chi connectivity index (χ0n) is 14.1. The lowest BCUT2D eigenvalue weighted by molar-refractivity contribution is 0.0293. The van der Waals surface area contributed by atoms with Crippen LogP contribution in [0.1, 0.15) is 38.7 Å². The molecule has 1 aliphatic rings. The molecule has 1 fully saturated rings. The number of aliphatic hydroxyl groups is 1. The molecule has 1 aromatic carbocycles. The van der Waals surface area contributed by atoms with E-state index in [1.165, 1.54) is 12.1 Å². The lowest BCUT2D eigenvalue weighted by Crippen LogP contribution is -2.55. The van der Waals surface area contributed by atoms with Crippen molar-refractivity contribution in [2.24, 2.45) is 0 Å². The van der Waals surface area contributed by atoms with Gasteiger partial charge in [0.1, 0.15) is 0 Å². The van der Waals surface area contributed by atoms with Crippen LogP contribution >= 0.6 is 0 Å². The fourth-order valence-electron chi connectivity index (χ4n) is 3.56. The van der Waals surface area contributed by atoms with Crippen LogP contribution in [0.5, 0.6) is 0 Å². The van der Waals surface area contributed by atoms with Gasteiger partial charge in [-0.25, -0.2) is 8.78 Å². The van der Waals surface area contributed by atoms with Gasteiger partial charge in [-0.1, -0.05) is 19.9 Å². The second-order valence-corrected chi connectivity index (χ2v) is 6.35. The molecule has 0 bridgehead atoms. The van der Waals surface area contributed by atoms with Crippen LogP contribution in [0.4, 0.5) is 8.78 Å². The quantitative estimate of drug-likeness (QED) is 0.834. The summed E-state index contributed by atoms with van der Waals surface area (Å²) in [5.74, 6) is -1.60. The van der Waals surface area contributed by atoms with Gasteiger partial charge in [0.15, 0.2) is 11.6 Å². The minimum absolute atomic E-state index is 0.149. The van der Waals surface area contributed by atoms with Crippen LogP contribution in [0.3, 0.4) is 0 Å². The Morgan fingerprint density at radius 2 is 1.91 bits per heavy atom. The average Bonchev–Trinajstić information content (AvgIpc) is 2.54. The van der Waals surface area contributed by atoms with Crippen molar-refractivity contribution in [1.82, 2.24) is 9.80 Å². The van der Waals surface area contributed by atoms with Gasteiger partial charge < -0.3 is 5.11 Å². The van der Waals surface area contributed by atoms with Gasteiger partial charge in [-0.2, -0.15) is 0 Å². The van der Waals surface area contributed by atoms with Crippen LogP contribution in [-0.2, 0) is 6.54 Å². The normalized spacial score (nSPS) is 20.3. The number of piperazine rings is 1. The summed E-state index contributed by atoms with van der Waals surface area (Å²) in [5, 5.41) is 9.37. The summed E-state index contributed by atoms with van der Waals surface area (Å²) in [7, 11) is 0. The lowest BCUT2D eigenvalue weighted by Gasteiger charge is -2.44. The molecule has 23 heavy (non-hydrogen) atoms. The van der Waals surface area contributed by atoms with Gasteiger partial charge >= 0.3 is 0 Å². The highest BCUT2D eigenvalue weighted by Gasteiger charge is 2.29. The molecule has 1 atom stereocenters. The highest BCUT2D eigenvalue weighted by molar-refractivity contribution is 5.18. The van der Waals surface area contributed by atoms with Crippen LogP contribution in [-0.4, -0.2) is 53.2 Å². The monoisotopic (exact) mass is 326 g/mol. The van der Waals surface area contributed by atoms with Crippen molar-refractivity contribution in [3.63, 3.8) is 0 Å². The van der Waals surface area contributed by atoms with E-state index in [9.17, 15) is 13.9 Å². The van der Waals surface area contributed by atoms with Crippen molar-refractivity contribution in [3.8, 4) is 0 Å². The summed E-state index contributed by atoms with van der Waals surface area (Å²) in [6.45, 7) is 7.97. The number of hydrogen-bond donors (Lipinski definition) is 1. The van der Waals surface area contributed by atoms with Gasteiger partial charge in [-0.05, 0) is 37.0 Å². The summed E-state index contributed by atoms with van der Waals surface area (Å²) in [4.78, 5) is 4.78. The standard InChI is InChI=1S/C18H28F2N2O/c1-3-15(4-2)22-9-8-21(16(13-22)7-10-23)12-14-5-6-17(19)18(20)11-14/h5-6,11,15-16,23H,3-4,7-10,12-13H2,1-2H3. The first-order valence-electron chi connectivity index (χ1n) is 8.61. The molecule has 0 amide bonds. The summed E-state index contributed by atoms with van der Waals surface area (Å²) < 4.78 is 26.5. The third kappa shape index (κ3) is 4.72. The molecule has 5 heteroatoms.